The Morgan fingerprint density at radius 1 is 0.290 bits per heavy atom. The molecule has 0 spiro atoms. The van der Waals surface area contributed by atoms with Crippen LogP contribution in [0.25, 0.3) is 0 Å². The third-order valence-electron chi connectivity index (χ3n) is 15.6. The summed E-state index contributed by atoms with van der Waals surface area (Å²) in [6.07, 6.45) is 80.2. The molecule has 3 N–H and O–H groups in total. The van der Waals surface area contributed by atoms with Gasteiger partial charge in [0.05, 0.1) is 26.4 Å². The van der Waals surface area contributed by atoms with E-state index in [4.69, 9.17) is 37.0 Å². The standard InChI is InChI=1S/C81H136O17P2/c1-5-9-13-17-21-25-29-33-36-37-40-43-46-50-54-58-62-66-79(84)92-71-76(97-80(85)67-63-59-55-51-47-41-32-28-24-20-16-12-8-4)73-95-99(87,88)93-69-75(82)70-94-100(89,90)96-74-77(98-81(86)68-64-60-56-52-48-44-39-35-31-27-23-19-15-11-7-3)72-91-78(83)65-61-57-53-49-45-42-38-34-30-26-22-18-14-10-6-2/h9-10,13-14,16,20-22,25-26,28,32-36,38-40,43,50,54,75-77,82H,5-8,11-12,15,17-19,23-24,27,29-31,37,41-42,44-49,51-53,55-74H2,1-4H3,(H,87,88)(H,89,90)/b13-9-,14-10-,20-16-,25-21-,26-22-,32-28-,36-33-,38-34-,39-35-,43-40-,54-50-. The van der Waals surface area contributed by atoms with Crippen LogP contribution in [0.5, 0.6) is 0 Å². The fourth-order valence-corrected chi connectivity index (χ4v) is 11.4. The molecule has 0 aromatic carbocycles. The Labute approximate surface area is 605 Å². The van der Waals surface area contributed by atoms with Crippen LogP contribution in [-0.4, -0.2) is 96.7 Å². The van der Waals surface area contributed by atoms with E-state index in [-0.39, 0.29) is 25.7 Å². The molecule has 17 nitrogen and oxygen atoms in total. The van der Waals surface area contributed by atoms with Gasteiger partial charge in [0.15, 0.2) is 12.2 Å². The SMILES string of the molecule is CC/C=C\C/C=C\C/C=C\C/C=C\C/C=C\CCCC(=O)OCC(COP(=O)(O)OCC(O)COP(=O)(O)OCC(COC(=O)CCCCCCC/C=C\C/C=C\C/C=C\CC)OC(=O)CCCCCCC/C=C\CCCCCCCC)OC(=O)CCCCCCC/C=C\C/C=C\CCC. The molecule has 572 valence electrons. The molecule has 0 bridgehead atoms. The van der Waals surface area contributed by atoms with E-state index in [2.05, 4.69) is 149 Å². The molecular formula is C81H136O17P2. The number of rotatable bonds is 71. The van der Waals surface area contributed by atoms with Crippen molar-refractivity contribution in [2.24, 2.45) is 0 Å². The van der Waals surface area contributed by atoms with Gasteiger partial charge in [-0.15, -0.1) is 0 Å². The zero-order valence-corrected chi connectivity index (χ0v) is 64.1. The second-order valence-electron chi connectivity index (χ2n) is 25.2. The topological polar surface area (TPSA) is 237 Å². The van der Waals surface area contributed by atoms with Crippen molar-refractivity contribution in [3.05, 3.63) is 134 Å². The van der Waals surface area contributed by atoms with Crippen molar-refractivity contribution in [2.45, 2.75) is 316 Å². The molecule has 0 saturated heterocycles. The van der Waals surface area contributed by atoms with Crippen LogP contribution in [0.3, 0.4) is 0 Å². The van der Waals surface area contributed by atoms with Crippen LogP contribution in [0, 0.1) is 0 Å². The average Bonchev–Trinajstić information content (AvgIpc) is 0.965. The van der Waals surface area contributed by atoms with Crippen molar-refractivity contribution in [1.82, 2.24) is 0 Å². The summed E-state index contributed by atoms with van der Waals surface area (Å²) in [5, 5.41) is 10.6. The third-order valence-corrected chi connectivity index (χ3v) is 17.5. The molecule has 5 atom stereocenters. The van der Waals surface area contributed by atoms with Gasteiger partial charge in [-0.2, -0.15) is 0 Å². The second kappa shape index (κ2) is 72.5. The monoisotopic (exact) mass is 1440 g/mol. The molecule has 19 heteroatoms. The number of aliphatic hydroxyl groups excluding tert-OH is 1. The molecule has 0 saturated carbocycles. The molecular weight excluding hydrogens is 1310 g/mol. The van der Waals surface area contributed by atoms with Crippen LogP contribution >= 0.6 is 15.6 Å². The molecule has 0 aliphatic carbocycles. The zero-order chi connectivity index (χ0) is 73.2. The van der Waals surface area contributed by atoms with Crippen molar-refractivity contribution >= 4 is 39.5 Å². The van der Waals surface area contributed by atoms with E-state index in [1.54, 1.807) is 0 Å². The predicted molar refractivity (Wildman–Crippen MR) is 408 cm³/mol. The number of hydrogen-bond donors (Lipinski definition) is 3. The highest BCUT2D eigenvalue weighted by molar-refractivity contribution is 7.47. The summed E-state index contributed by atoms with van der Waals surface area (Å²) in [5.74, 6) is -2.29. The van der Waals surface area contributed by atoms with Gasteiger partial charge in [0, 0.05) is 25.7 Å². The van der Waals surface area contributed by atoms with Gasteiger partial charge in [-0.3, -0.25) is 37.3 Å². The van der Waals surface area contributed by atoms with Gasteiger partial charge < -0.3 is 33.8 Å². The van der Waals surface area contributed by atoms with E-state index in [1.165, 1.54) is 38.5 Å². The van der Waals surface area contributed by atoms with Gasteiger partial charge in [0.2, 0.25) is 0 Å². The lowest BCUT2D eigenvalue weighted by molar-refractivity contribution is -0.161. The average molecular weight is 1440 g/mol. The van der Waals surface area contributed by atoms with Crippen LogP contribution in [0.4, 0.5) is 0 Å². The maximum Gasteiger partial charge on any atom is 0.472 e. The normalized spacial score (nSPS) is 14.7. The van der Waals surface area contributed by atoms with Crippen LogP contribution in [0.2, 0.25) is 0 Å². The lowest BCUT2D eigenvalue weighted by Crippen LogP contribution is -2.30. The Hall–Kier alpha value is -4.80. The summed E-state index contributed by atoms with van der Waals surface area (Å²) in [4.78, 5) is 72.9. The quantitative estimate of drug-likeness (QED) is 0.0169. The van der Waals surface area contributed by atoms with E-state index in [0.29, 0.717) is 32.1 Å². The first kappa shape index (κ1) is 95.2. The Bertz CT molecular complexity index is 2420. The Kier molecular flexibility index (Phi) is 69.1. The van der Waals surface area contributed by atoms with E-state index >= 15 is 0 Å². The summed E-state index contributed by atoms with van der Waals surface area (Å²) in [7, 11) is -9.98. The van der Waals surface area contributed by atoms with Gasteiger partial charge in [-0.25, -0.2) is 9.13 Å². The van der Waals surface area contributed by atoms with Crippen LogP contribution < -0.4 is 0 Å². The fraction of sp³-hybridized carbons (Fsp3) is 0.679. The molecule has 100 heavy (non-hydrogen) atoms. The van der Waals surface area contributed by atoms with Crippen molar-refractivity contribution < 1.29 is 80.2 Å². The summed E-state index contributed by atoms with van der Waals surface area (Å²) in [6.45, 7) is 4.46. The summed E-state index contributed by atoms with van der Waals surface area (Å²) < 4.78 is 68.4. The van der Waals surface area contributed by atoms with Gasteiger partial charge >= 0.3 is 39.5 Å². The molecule has 0 rings (SSSR count). The molecule has 0 radical (unpaired) electrons. The first-order valence-electron chi connectivity index (χ1n) is 38.4. The van der Waals surface area contributed by atoms with Crippen molar-refractivity contribution in [1.29, 1.82) is 0 Å². The van der Waals surface area contributed by atoms with Crippen molar-refractivity contribution in [2.75, 3.05) is 39.6 Å². The number of ether oxygens (including phenoxy) is 4. The number of hydrogen-bond acceptors (Lipinski definition) is 15. The molecule has 0 aromatic rings. The van der Waals surface area contributed by atoms with E-state index in [9.17, 15) is 43.2 Å². The van der Waals surface area contributed by atoms with E-state index in [0.717, 1.165) is 173 Å². The van der Waals surface area contributed by atoms with Gasteiger partial charge in [-0.05, 0) is 148 Å². The lowest BCUT2D eigenvalue weighted by Gasteiger charge is -2.21. The van der Waals surface area contributed by atoms with Gasteiger partial charge in [-0.1, -0.05) is 258 Å². The predicted octanol–water partition coefficient (Wildman–Crippen LogP) is 22.1. The number of carbonyl (C=O) groups is 4. The smallest absolute Gasteiger partial charge is 0.462 e. The zero-order valence-electron chi connectivity index (χ0n) is 62.3. The maximum atomic E-state index is 13.1. The second-order valence-corrected chi connectivity index (χ2v) is 28.1. The molecule has 0 aromatic heterocycles. The third kappa shape index (κ3) is 71.6. The van der Waals surface area contributed by atoms with Gasteiger partial charge in [0.25, 0.3) is 0 Å². The van der Waals surface area contributed by atoms with Crippen molar-refractivity contribution in [3.8, 4) is 0 Å². The number of esters is 4. The lowest BCUT2D eigenvalue weighted by atomic mass is 10.1. The highest BCUT2D eigenvalue weighted by atomic mass is 31.2. The van der Waals surface area contributed by atoms with Crippen LogP contribution in [0.15, 0.2) is 134 Å². The van der Waals surface area contributed by atoms with E-state index in [1.807, 2.05) is 12.2 Å². The number of phosphoric acid groups is 2. The first-order valence-corrected chi connectivity index (χ1v) is 41.4. The highest BCUT2D eigenvalue weighted by Crippen LogP contribution is 2.45. The summed E-state index contributed by atoms with van der Waals surface area (Å²) in [5.41, 5.74) is 0. The Morgan fingerprint density at radius 3 is 0.890 bits per heavy atom. The number of allylic oxidation sites excluding steroid dienone is 22. The summed E-state index contributed by atoms with van der Waals surface area (Å²) in [6, 6.07) is 0. The number of carbonyl (C=O) groups excluding carboxylic acids is 4. The molecule has 0 heterocycles. The molecule has 0 fully saturated rings. The van der Waals surface area contributed by atoms with E-state index < -0.39 is 97.5 Å². The number of phosphoric ester groups is 2. The molecule has 0 aliphatic rings. The number of unbranched alkanes of at least 4 members (excludes halogenated alkanes) is 23. The molecule has 5 unspecified atom stereocenters. The largest absolute Gasteiger partial charge is 0.472 e. The Morgan fingerprint density at radius 2 is 0.550 bits per heavy atom. The van der Waals surface area contributed by atoms with Crippen LogP contribution in [0.1, 0.15) is 297 Å². The minimum atomic E-state index is -4.99. The van der Waals surface area contributed by atoms with Gasteiger partial charge in [0.1, 0.15) is 19.3 Å². The Balaban J connectivity index is 5.43. The summed E-state index contributed by atoms with van der Waals surface area (Å²) >= 11 is 0. The molecule has 0 amide bonds. The first-order chi connectivity index (χ1) is 48.7. The number of aliphatic hydroxyl groups is 1. The minimum Gasteiger partial charge on any atom is -0.462 e. The molecule has 0 aliphatic heterocycles. The van der Waals surface area contributed by atoms with Crippen LogP contribution in [-0.2, 0) is 65.4 Å². The maximum absolute atomic E-state index is 13.1. The fourth-order valence-electron chi connectivity index (χ4n) is 9.77. The van der Waals surface area contributed by atoms with Crippen molar-refractivity contribution in [3.63, 3.8) is 0 Å². The minimum absolute atomic E-state index is 0.0628. The highest BCUT2D eigenvalue weighted by Gasteiger charge is 2.30.